The fourth-order valence-electron chi connectivity index (χ4n) is 3.03. The highest BCUT2D eigenvalue weighted by molar-refractivity contribution is 6.30. The summed E-state index contributed by atoms with van der Waals surface area (Å²) in [6.45, 7) is 0. The van der Waals surface area contributed by atoms with Gasteiger partial charge >= 0.3 is 0 Å². The molecule has 106 valence electrons. The van der Waals surface area contributed by atoms with Crippen molar-refractivity contribution in [2.24, 2.45) is 5.41 Å². The van der Waals surface area contributed by atoms with Crippen LogP contribution in [0.1, 0.15) is 22.8 Å². The summed E-state index contributed by atoms with van der Waals surface area (Å²) in [5, 5.41) is 20.5. The minimum Gasteiger partial charge on any atom is -0.387 e. The quantitative estimate of drug-likeness (QED) is 0.916. The standard InChI is InChI=1S/C17H13ClFNO/c18-14-5-13(6-15(19)7-14)16(21)17(10-20)8-11-3-1-2-4-12(11)9-17/h1-7,16,21H,8-9H2. The Balaban J connectivity index is 2.00. The first-order valence-corrected chi connectivity index (χ1v) is 7.04. The van der Waals surface area contributed by atoms with E-state index in [9.17, 15) is 14.8 Å². The molecule has 21 heavy (non-hydrogen) atoms. The van der Waals surface area contributed by atoms with E-state index in [1.165, 1.54) is 18.2 Å². The number of fused-ring (bicyclic) bond motifs is 1. The van der Waals surface area contributed by atoms with E-state index in [0.717, 1.165) is 11.1 Å². The molecule has 3 rings (SSSR count). The molecule has 0 saturated heterocycles. The summed E-state index contributed by atoms with van der Waals surface area (Å²) in [7, 11) is 0. The van der Waals surface area contributed by atoms with Crippen molar-refractivity contribution < 1.29 is 9.50 Å². The van der Waals surface area contributed by atoms with Gasteiger partial charge in [0, 0.05) is 5.02 Å². The number of hydrogen-bond donors (Lipinski definition) is 1. The predicted molar refractivity (Wildman–Crippen MR) is 78.3 cm³/mol. The van der Waals surface area contributed by atoms with Gasteiger partial charge in [-0.25, -0.2) is 4.39 Å². The summed E-state index contributed by atoms with van der Waals surface area (Å²) in [5.74, 6) is -0.514. The van der Waals surface area contributed by atoms with Crippen LogP contribution in [0.2, 0.25) is 5.02 Å². The Morgan fingerprint density at radius 3 is 2.33 bits per heavy atom. The Hall–Kier alpha value is -1.89. The van der Waals surface area contributed by atoms with Gasteiger partial charge < -0.3 is 5.11 Å². The van der Waals surface area contributed by atoms with Gasteiger partial charge in [0.25, 0.3) is 0 Å². The topological polar surface area (TPSA) is 44.0 Å². The van der Waals surface area contributed by atoms with Crippen LogP contribution in [0.15, 0.2) is 42.5 Å². The molecule has 1 N–H and O–H groups in total. The van der Waals surface area contributed by atoms with Gasteiger partial charge in [0.05, 0.1) is 17.6 Å². The van der Waals surface area contributed by atoms with Crippen molar-refractivity contribution in [2.75, 3.05) is 0 Å². The summed E-state index contributed by atoms with van der Waals surface area (Å²) in [4.78, 5) is 0. The second-order valence-corrected chi connectivity index (χ2v) is 5.93. The Bertz CT molecular complexity index is 693. The van der Waals surface area contributed by atoms with Gasteiger partial charge in [-0.3, -0.25) is 0 Å². The van der Waals surface area contributed by atoms with Crippen LogP contribution in [0.3, 0.4) is 0 Å². The number of nitrogens with zero attached hydrogens (tertiary/aromatic N) is 1. The molecule has 0 bridgehead atoms. The first-order valence-electron chi connectivity index (χ1n) is 6.66. The summed E-state index contributed by atoms with van der Waals surface area (Å²) in [6, 6.07) is 13.9. The molecule has 4 heteroatoms. The molecule has 0 fully saturated rings. The van der Waals surface area contributed by atoms with E-state index in [0.29, 0.717) is 18.4 Å². The van der Waals surface area contributed by atoms with Crippen LogP contribution in [0.4, 0.5) is 4.39 Å². The SMILES string of the molecule is N#CC1(C(O)c2cc(F)cc(Cl)c2)Cc2ccccc2C1. The zero-order valence-electron chi connectivity index (χ0n) is 11.2. The van der Waals surface area contributed by atoms with Gasteiger partial charge in [0.2, 0.25) is 0 Å². The molecule has 2 aromatic rings. The van der Waals surface area contributed by atoms with E-state index < -0.39 is 17.3 Å². The smallest absolute Gasteiger partial charge is 0.125 e. The summed E-state index contributed by atoms with van der Waals surface area (Å²) in [6.07, 6.45) is -0.174. The molecular weight excluding hydrogens is 289 g/mol. The van der Waals surface area contributed by atoms with E-state index in [1.54, 1.807) is 0 Å². The lowest BCUT2D eigenvalue weighted by Crippen LogP contribution is -2.28. The monoisotopic (exact) mass is 301 g/mol. The molecule has 0 saturated carbocycles. The Morgan fingerprint density at radius 2 is 1.81 bits per heavy atom. The van der Waals surface area contributed by atoms with Crippen molar-refractivity contribution in [3.05, 3.63) is 70.0 Å². The third-order valence-electron chi connectivity index (χ3n) is 4.08. The number of aliphatic hydroxyl groups is 1. The summed E-state index contributed by atoms with van der Waals surface area (Å²) >= 11 is 5.84. The van der Waals surface area contributed by atoms with Gasteiger partial charge in [-0.1, -0.05) is 35.9 Å². The lowest BCUT2D eigenvalue weighted by Gasteiger charge is -2.27. The minimum atomic E-state index is -1.08. The number of nitriles is 1. The highest BCUT2D eigenvalue weighted by atomic mass is 35.5. The van der Waals surface area contributed by atoms with Gasteiger partial charge in [0.1, 0.15) is 5.82 Å². The number of aliphatic hydroxyl groups excluding tert-OH is 1. The van der Waals surface area contributed by atoms with Crippen LogP contribution in [0, 0.1) is 22.6 Å². The Labute approximate surface area is 127 Å². The van der Waals surface area contributed by atoms with Gasteiger partial charge in [-0.15, -0.1) is 0 Å². The summed E-state index contributed by atoms with van der Waals surface area (Å²) in [5.41, 5.74) is 1.48. The average Bonchev–Trinajstić information content (AvgIpc) is 2.85. The van der Waals surface area contributed by atoms with Gasteiger partial charge in [-0.05, 0) is 47.7 Å². The zero-order valence-corrected chi connectivity index (χ0v) is 11.9. The van der Waals surface area contributed by atoms with Crippen LogP contribution in [0.5, 0.6) is 0 Å². The Morgan fingerprint density at radius 1 is 1.19 bits per heavy atom. The molecule has 0 amide bonds. The van der Waals surface area contributed by atoms with Crippen molar-refractivity contribution in [1.82, 2.24) is 0 Å². The van der Waals surface area contributed by atoms with E-state index in [4.69, 9.17) is 11.6 Å². The second kappa shape index (κ2) is 5.14. The molecule has 0 radical (unpaired) electrons. The highest BCUT2D eigenvalue weighted by Crippen LogP contribution is 2.45. The largest absolute Gasteiger partial charge is 0.387 e. The predicted octanol–water partition coefficient (Wildman–Crippen LogP) is 3.82. The first-order chi connectivity index (χ1) is 10.0. The maximum Gasteiger partial charge on any atom is 0.125 e. The maximum absolute atomic E-state index is 13.5. The molecule has 2 aromatic carbocycles. The van der Waals surface area contributed by atoms with E-state index in [2.05, 4.69) is 6.07 Å². The zero-order chi connectivity index (χ0) is 15.0. The Kier molecular flexibility index (Phi) is 3.44. The van der Waals surface area contributed by atoms with E-state index in [-0.39, 0.29) is 5.02 Å². The lowest BCUT2D eigenvalue weighted by molar-refractivity contribution is 0.0691. The second-order valence-electron chi connectivity index (χ2n) is 5.50. The molecule has 1 aliphatic rings. The normalized spacial score (nSPS) is 17.0. The number of hydrogen-bond acceptors (Lipinski definition) is 2. The molecule has 0 aliphatic heterocycles. The first kappa shape index (κ1) is 14.1. The van der Waals surface area contributed by atoms with Gasteiger partial charge in [0.15, 0.2) is 0 Å². The minimum absolute atomic E-state index is 0.215. The fraction of sp³-hybridized carbons (Fsp3) is 0.235. The van der Waals surface area contributed by atoms with Crippen LogP contribution in [-0.4, -0.2) is 5.11 Å². The average molecular weight is 302 g/mol. The van der Waals surface area contributed by atoms with Crippen LogP contribution >= 0.6 is 11.6 Å². The molecule has 0 aromatic heterocycles. The van der Waals surface area contributed by atoms with Crippen molar-refractivity contribution >= 4 is 11.6 Å². The van der Waals surface area contributed by atoms with Crippen molar-refractivity contribution in [1.29, 1.82) is 5.26 Å². The van der Waals surface area contributed by atoms with Crippen molar-refractivity contribution in [3.8, 4) is 6.07 Å². The highest BCUT2D eigenvalue weighted by Gasteiger charge is 2.44. The van der Waals surface area contributed by atoms with Crippen molar-refractivity contribution in [2.45, 2.75) is 18.9 Å². The molecule has 1 aliphatic carbocycles. The van der Waals surface area contributed by atoms with E-state index in [1.807, 2.05) is 24.3 Å². The third-order valence-corrected chi connectivity index (χ3v) is 4.30. The molecule has 0 spiro atoms. The number of rotatable bonds is 2. The van der Waals surface area contributed by atoms with Crippen molar-refractivity contribution in [3.63, 3.8) is 0 Å². The fourth-order valence-corrected chi connectivity index (χ4v) is 3.26. The van der Waals surface area contributed by atoms with Crippen LogP contribution in [0.25, 0.3) is 0 Å². The summed E-state index contributed by atoms with van der Waals surface area (Å²) < 4.78 is 13.5. The lowest BCUT2D eigenvalue weighted by atomic mass is 9.77. The molecule has 2 nitrogen and oxygen atoms in total. The molecule has 0 heterocycles. The van der Waals surface area contributed by atoms with Crippen LogP contribution < -0.4 is 0 Å². The number of halogens is 2. The maximum atomic E-state index is 13.5. The molecule has 1 atom stereocenters. The molecule has 1 unspecified atom stereocenters. The van der Waals surface area contributed by atoms with E-state index >= 15 is 0 Å². The molecular formula is C17H13ClFNO. The third kappa shape index (κ3) is 2.42. The van der Waals surface area contributed by atoms with Crippen LogP contribution in [-0.2, 0) is 12.8 Å². The number of benzene rings is 2. The van der Waals surface area contributed by atoms with Gasteiger partial charge in [-0.2, -0.15) is 5.26 Å².